The lowest BCUT2D eigenvalue weighted by molar-refractivity contribution is 0.138. The number of fused-ring (bicyclic) bond motifs is 1. The monoisotopic (exact) mass is 473 g/mol. The van der Waals surface area contributed by atoms with E-state index in [1.54, 1.807) is 19.5 Å². The van der Waals surface area contributed by atoms with Crippen molar-refractivity contribution in [2.24, 2.45) is 5.73 Å². The van der Waals surface area contributed by atoms with Crippen LogP contribution in [0.25, 0.3) is 5.57 Å². The number of nitrogens with one attached hydrogen (secondary N) is 1. The lowest BCUT2D eigenvalue weighted by Crippen LogP contribution is -2.39. The normalized spacial score (nSPS) is 17.8. The molecular formula is C21H27N7O4S. The van der Waals surface area contributed by atoms with Crippen LogP contribution in [-0.2, 0) is 22.0 Å². The van der Waals surface area contributed by atoms with Crippen LogP contribution in [0, 0.1) is 0 Å². The summed E-state index contributed by atoms with van der Waals surface area (Å²) in [7, 11) is 0.400. The summed E-state index contributed by atoms with van der Waals surface area (Å²) in [6, 6.07) is 0. The lowest BCUT2D eigenvalue weighted by Gasteiger charge is -2.29. The number of rotatable bonds is 7. The molecule has 11 nitrogen and oxygen atoms in total. The first kappa shape index (κ1) is 22.9. The van der Waals surface area contributed by atoms with Crippen molar-refractivity contribution < 1.29 is 18.5 Å². The van der Waals surface area contributed by atoms with Crippen molar-refractivity contribution in [2.45, 2.75) is 37.1 Å². The van der Waals surface area contributed by atoms with E-state index >= 15 is 0 Å². The van der Waals surface area contributed by atoms with Gasteiger partial charge >= 0.3 is 6.09 Å². The Kier molecular flexibility index (Phi) is 6.45. The quantitative estimate of drug-likeness (QED) is 0.607. The Bertz CT molecular complexity index is 1100. The third kappa shape index (κ3) is 5.21. The van der Waals surface area contributed by atoms with Crippen LogP contribution >= 0.6 is 0 Å². The molecule has 2 aromatic heterocycles. The molecule has 1 amide bonds. The third-order valence-electron chi connectivity index (χ3n) is 5.35. The van der Waals surface area contributed by atoms with Crippen LogP contribution in [-0.4, -0.2) is 68.3 Å². The maximum atomic E-state index is 12.6. The van der Waals surface area contributed by atoms with Crippen LogP contribution < -0.4 is 20.7 Å². The molecule has 0 spiro atoms. The predicted octanol–water partition coefficient (Wildman–Crippen LogP) is 1.52. The zero-order valence-electron chi connectivity index (χ0n) is 18.8. The van der Waals surface area contributed by atoms with Crippen molar-refractivity contribution in [3.63, 3.8) is 0 Å². The van der Waals surface area contributed by atoms with E-state index in [9.17, 15) is 9.00 Å². The van der Waals surface area contributed by atoms with Gasteiger partial charge in [0.1, 0.15) is 17.3 Å². The molecule has 2 aliphatic heterocycles. The van der Waals surface area contributed by atoms with Crippen LogP contribution in [0.3, 0.4) is 0 Å². The van der Waals surface area contributed by atoms with E-state index in [1.165, 1.54) is 0 Å². The highest BCUT2D eigenvalue weighted by Gasteiger charge is 2.31. The third-order valence-corrected chi connectivity index (χ3v) is 6.81. The SMILES string of the molecule is COc1cnc(C2=CCN(c3nc4c(c(NC(C)(C)COC(N)=O)n3)S(=O)CC4)CC2)nc1. The molecule has 176 valence electrons. The molecule has 33 heavy (non-hydrogen) atoms. The minimum Gasteiger partial charge on any atom is -0.494 e. The van der Waals surface area contributed by atoms with E-state index in [4.69, 9.17) is 25.2 Å². The number of aromatic nitrogens is 4. The van der Waals surface area contributed by atoms with Gasteiger partial charge in [-0.15, -0.1) is 0 Å². The summed E-state index contributed by atoms with van der Waals surface area (Å²) >= 11 is 0. The minimum absolute atomic E-state index is 0.0424. The number of aryl methyl sites for hydroxylation is 1. The number of carbonyl (C=O) groups excluding carboxylic acids is 1. The van der Waals surface area contributed by atoms with E-state index < -0.39 is 22.4 Å². The van der Waals surface area contributed by atoms with Gasteiger partial charge in [0.25, 0.3) is 0 Å². The number of hydrogen-bond donors (Lipinski definition) is 2. The zero-order valence-corrected chi connectivity index (χ0v) is 19.6. The Morgan fingerprint density at radius 3 is 2.67 bits per heavy atom. The van der Waals surface area contributed by atoms with Crippen LogP contribution in [0.5, 0.6) is 5.75 Å². The Morgan fingerprint density at radius 1 is 1.27 bits per heavy atom. The van der Waals surface area contributed by atoms with Gasteiger partial charge in [0.05, 0.1) is 41.5 Å². The number of hydrogen-bond acceptors (Lipinski definition) is 10. The fraction of sp³-hybridized carbons (Fsp3) is 0.476. The fourth-order valence-electron chi connectivity index (χ4n) is 3.66. The summed E-state index contributed by atoms with van der Waals surface area (Å²) in [5, 5.41) is 3.28. The van der Waals surface area contributed by atoms with Gasteiger partial charge in [-0.1, -0.05) is 6.08 Å². The van der Waals surface area contributed by atoms with Crippen molar-refractivity contribution in [3.05, 3.63) is 30.0 Å². The second-order valence-corrected chi connectivity index (χ2v) is 9.94. The molecule has 1 unspecified atom stereocenters. The number of ether oxygens (including phenoxy) is 2. The highest BCUT2D eigenvalue weighted by Crippen LogP contribution is 2.32. The number of methoxy groups -OCH3 is 1. The molecular weight excluding hydrogens is 446 g/mol. The highest BCUT2D eigenvalue weighted by molar-refractivity contribution is 7.85. The Balaban J connectivity index is 1.56. The second kappa shape index (κ2) is 9.30. The largest absolute Gasteiger partial charge is 0.494 e. The lowest BCUT2D eigenvalue weighted by atomic mass is 10.1. The van der Waals surface area contributed by atoms with Gasteiger partial charge in [0.15, 0.2) is 11.6 Å². The molecule has 0 saturated heterocycles. The summed E-state index contributed by atoms with van der Waals surface area (Å²) in [6.07, 6.45) is 5.89. The first-order chi connectivity index (χ1) is 15.8. The Hall–Kier alpha value is -3.28. The topological polar surface area (TPSA) is 145 Å². The molecule has 0 saturated carbocycles. The van der Waals surface area contributed by atoms with E-state index in [-0.39, 0.29) is 6.61 Å². The van der Waals surface area contributed by atoms with E-state index in [0.29, 0.717) is 53.5 Å². The Labute approximate surface area is 194 Å². The molecule has 0 radical (unpaired) electrons. The van der Waals surface area contributed by atoms with Crippen LogP contribution in [0.2, 0.25) is 0 Å². The predicted molar refractivity (Wildman–Crippen MR) is 124 cm³/mol. The van der Waals surface area contributed by atoms with E-state index in [2.05, 4.69) is 26.3 Å². The van der Waals surface area contributed by atoms with Gasteiger partial charge in [-0.25, -0.2) is 19.7 Å². The van der Waals surface area contributed by atoms with Crippen molar-refractivity contribution >= 4 is 34.2 Å². The molecule has 3 N–H and O–H groups in total. The standard InChI is InChI=1S/C21H27N7O4S/c1-21(2,12-32-19(22)29)27-18-16-15(6-9-33(16)30)25-20(26-18)28-7-4-13(5-8-28)17-23-10-14(31-3)11-24-17/h4,10-11H,5-9,12H2,1-3H3,(H2,22,29)(H,25,26,27). The molecule has 0 aromatic carbocycles. The maximum Gasteiger partial charge on any atom is 0.404 e. The number of carbonyl (C=O) groups is 1. The highest BCUT2D eigenvalue weighted by atomic mass is 32.2. The van der Waals surface area contributed by atoms with Crippen LogP contribution in [0.15, 0.2) is 23.4 Å². The van der Waals surface area contributed by atoms with Gasteiger partial charge in [0, 0.05) is 25.3 Å². The number of anilines is 2. The van der Waals surface area contributed by atoms with Gasteiger partial charge in [0.2, 0.25) is 5.95 Å². The summed E-state index contributed by atoms with van der Waals surface area (Å²) in [5.74, 6) is 2.87. The van der Waals surface area contributed by atoms with Crippen molar-refractivity contribution in [1.82, 2.24) is 19.9 Å². The van der Waals surface area contributed by atoms with Crippen LogP contribution in [0.4, 0.5) is 16.6 Å². The molecule has 0 bridgehead atoms. The van der Waals surface area contributed by atoms with Gasteiger partial charge < -0.3 is 25.4 Å². The number of nitrogens with two attached hydrogens (primary N) is 1. The molecule has 2 aromatic rings. The minimum atomic E-state index is -1.18. The summed E-state index contributed by atoms with van der Waals surface area (Å²) in [6.45, 7) is 5.04. The van der Waals surface area contributed by atoms with Crippen LogP contribution in [0.1, 0.15) is 31.8 Å². The zero-order chi connectivity index (χ0) is 23.6. The summed E-state index contributed by atoms with van der Waals surface area (Å²) < 4.78 is 22.7. The number of amides is 1. The molecule has 0 aliphatic carbocycles. The number of primary amides is 1. The van der Waals surface area contributed by atoms with Gasteiger partial charge in [-0.05, 0) is 25.8 Å². The van der Waals surface area contributed by atoms with Crippen molar-refractivity contribution in [2.75, 3.05) is 42.8 Å². The molecule has 0 fully saturated rings. The molecule has 4 heterocycles. The first-order valence-electron chi connectivity index (χ1n) is 10.6. The first-order valence-corrected chi connectivity index (χ1v) is 11.9. The van der Waals surface area contributed by atoms with E-state index in [0.717, 1.165) is 17.7 Å². The molecule has 1 atom stereocenters. The maximum absolute atomic E-state index is 12.6. The smallest absolute Gasteiger partial charge is 0.404 e. The average Bonchev–Trinajstić information content (AvgIpc) is 3.19. The summed E-state index contributed by atoms with van der Waals surface area (Å²) in [5.41, 5.74) is 6.27. The average molecular weight is 474 g/mol. The molecule has 12 heteroatoms. The van der Waals surface area contributed by atoms with Gasteiger partial charge in [-0.3, -0.25) is 4.21 Å². The second-order valence-electron chi connectivity index (χ2n) is 8.44. The van der Waals surface area contributed by atoms with Crippen molar-refractivity contribution in [3.8, 4) is 5.75 Å². The molecule has 2 aliphatic rings. The number of nitrogens with zero attached hydrogens (tertiary/aromatic N) is 5. The van der Waals surface area contributed by atoms with Crippen molar-refractivity contribution in [1.29, 1.82) is 0 Å². The van der Waals surface area contributed by atoms with Gasteiger partial charge in [-0.2, -0.15) is 4.98 Å². The Morgan fingerprint density at radius 2 is 2.03 bits per heavy atom. The fourth-order valence-corrected chi connectivity index (χ4v) is 4.97. The van der Waals surface area contributed by atoms with E-state index in [1.807, 2.05) is 13.8 Å². The summed E-state index contributed by atoms with van der Waals surface area (Å²) in [4.78, 5) is 31.9. The molecule has 4 rings (SSSR count).